The largest absolute Gasteiger partial charge is 0.494 e. The van der Waals surface area contributed by atoms with Crippen LogP contribution in [0.3, 0.4) is 0 Å². The predicted molar refractivity (Wildman–Crippen MR) is 112 cm³/mol. The maximum Gasteiger partial charge on any atom is 0.190 e. The van der Waals surface area contributed by atoms with Crippen molar-refractivity contribution in [3.05, 3.63) is 84.9 Å². The van der Waals surface area contributed by atoms with Crippen LogP contribution in [0.5, 0.6) is 5.75 Å². The van der Waals surface area contributed by atoms with E-state index in [1.807, 2.05) is 96.9 Å². The molecule has 0 fully saturated rings. The Morgan fingerprint density at radius 2 is 1.38 bits per heavy atom. The first kappa shape index (κ1) is 17.8. The zero-order valence-corrected chi connectivity index (χ0v) is 15.4. The number of thiocarbonyl (C=S) groups is 1. The molecule has 0 spiro atoms. The normalized spacial score (nSPS) is 10.0. The SMILES string of the molecule is CCOc1ccc(NC(=S)NN(c2ccccc2)c2ccccc2)cc1. The van der Waals surface area contributed by atoms with Gasteiger partial charge in [0, 0.05) is 5.69 Å². The zero-order chi connectivity index (χ0) is 18.2. The molecule has 0 heterocycles. The lowest BCUT2D eigenvalue weighted by Gasteiger charge is -2.27. The van der Waals surface area contributed by atoms with Gasteiger partial charge in [-0.3, -0.25) is 10.4 Å². The molecule has 0 atom stereocenters. The van der Waals surface area contributed by atoms with Gasteiger partial charge in [0.05, 0.1) is 18.0 Å². The van der Waals surface area contributed by atoms with Crippen LogP contribution >= 0.6 is 12.2 Å². The van der Waals surface area contributed by atoms with Gasteiger partial charge in [0.25, 0.3) is 0 Å². The molecule has 0 unspecified atom stereocenters. The van der Waals surface area contributed by atoms with Gasteiger partial charge in [-0.1, -0.05) is 36.4 Å². The molecule has 3 rings (SSSR count). The van der Waals surface area contributed by atoms with Crippen molar-refractivity contribution in [3.8, 4) is 5.75 Å². The van der Waals surface area contributed by atoms with Gasteiger partial charge >= 0.3 is 0 Å². The molecule has 5 heteroatoms. The number of rotatable bonds is 6. The molecule has 132 valence electrons. The van der Waals surface area contributed by atoms with Gasteiger partial charge in [-0.25, -0.2) is 0 Å². The van der Waals surface area contributed by atoms with Gasteiger partial charge in [-0.15, -0.1) is 0 Å². The van der Waals surface area contributed by atoms with E-state index in [-0.39, 0.29) is 0 Å². The molecule has 0 saturated carbocycles. The third kappa shape index (κ3) is 4.74. The molecule has 0 bridgehead atoms. The van der Waals surface area contributed by atoms with Crippen molar-refractivity contribution in [1.29, 1.82) is 0 Å². The smallest absolute Gasteiger partial charge is 0.190 e. The molecular formula is C21H21N3OS. The molecule has 0 aliphatic rings. The first-order valence-corrected chi connectivity index (χ1v) is 8.88. The quantitative estimate of drug-likeness (QED) is 0.469. The lowest BCUT2D eigenvalue weighted by atomic mass is 10.2. The summed E-state index contributed by atoms with van der Waals surface area (Å²) in [6, 6.07) is 27.8. The second-order valence-electron chi connectivity index (χ2n) is 5.53. The van der Waals surface area contributed by atoms with E-state index in [1.54, 1.807) is 0 Å². The summed E-state index contributed by atoms with van der Waals surface area (Å²) in [5.41, 5.74) is 6.15. The van der Waals surface area contributed by atoms with Gasteiger partial charge in [0.2, 0.25) is 0 Å². The number of hydrogen-bond donors (Lipinski definition) is 2. The molecule has 3 aromatic carbocycles. The van der Waals surface area contributed by atoms with Crippen molar-refractivity contribution in [2.24, 2.45) is 0 Å². The number of ether oxygens (including phenoxy) is 1. The molecule has 0 aromatic heterocycles. The van der Waals surface area contributed by atoms with Crippen molar-refractivity contribution in [2.45, 2.75) is 6.92 Å². The van der Waals surface area contributed by atoms with Crippen LogP contribution in [0.15, 0.2) is 84.9 Å². The minimum absolute atomic E-state index is 0.502. The summed E-state index contributed by atoms with van der Waals surface area (Å²) in [6.45, 7) is 2.61. The minimum Gasteiger partial charge on any atom is -0.494 e. The predicted octanol–water partition coefficient (Wildman–Crippen LogP) is 5.13. The monoisotopic (exact) mass is 363 g/mol. The van der Waals surface area contributed by atoms with E-state index in [1.165, 1.54) is 0 Å². The van der Waals surface area contributed by atoms with Crippen molar-refractivity contribution >= 4 is 34.4 Å². The van der Waals surface area contributed by atoms with Gasteiger partial charge in [0.15, 0.2) is 5.11 Å². The van der Waals surface area contributed by atoms with Crippen molar-refractivity contribution < 1.29 is 4.74 Å². The average molecular weight is 363 g/mol. The van der Waals surface area contributed by atoms with E-state index in [2.05, 4.69) is 10.7 Å². The number of hydrazine groups is 1. The third-order valence-corrected chi connectivity index (χ3v) is 3.86. The number of anilines is 3. The minimum atomic E-state index is 0.502. The van der Waals surface area contributed by atoms with Crippen molar-refractivity contribution in [3.63, 3.8) is 0 Å². The Morgan fingerprint density at radius 1 is 0.846 bits per heavy atom. The Hall–Kier alpha value is -3.05. The summed E-state index contributed by atoms with van der Waals surface area (Å²) in [7, 11) is 0. The molecule has 0 amide bonds. The van der Waals surface area contributed by atoms with Gasteiger partial charge < -0.3 is 10.1 Å². The van der Waals surface area contributed by atoms with E-state index in [0.717, 1.165) is 22.8 Å². The fraction of sp³-hybridized carbons (Fsp3) is 0.0952. The summed E-state index contributed by atoms with van der Waals surface area (Å²) < 4.78 is 5.46. The first-order chi connectivity index (χ1) is 12.8. The highest BCUT2D eigenvalue weighted by Crippen LogP contribution is 2.23. The number of nitrogens with one attached hydrogen (secondary N) is 2. The van der Waals surface area contributed by atoms with Crippen LogP contribution in [-0.2, 0) is 0 Å². The van der Waals surface area contributed by atoms with E-state index in [4.69, 9.17) is 17.0 Å². The molecule has 0 radical (unpaired) electrons. The number of para-hydroxylation sites is 2. The summed E-state index contributed by atoms with van der Waals surface area (Å²) >= 11 is 5.50. The molecule has 3 aromatic rings. The van der Waals surface area contributed by atoms with E-state index < -0.39 is 0 Å². The summed E-state index contributed by atoms with van der Waals surface area (Å²) in [5.74, 6) is 0.840. The highest BCUT2D eigenvalue weighted by atomic mass is 32.1. The molecule has 0 saturated heterocycles. The van der Waals surface area contributed by atoms with Gasteiger partial charge in [-0.05, 0) is 67.7 Å². The van der Waals surface area contributed by atoms with Crippen molar-refractivity contribution in [1.82, 2.24) is 5.43 Å². The summed E-state index contributed by atoms with van der Waals surface area (Å²) in [4.78, 5) is 0. The number of nitrogens with zero attached hydrogens (tertiary/aromatic N) is 1. The van der Waals surface area contributed by atoms with Gasteiger partial charge in [0.1, 0.15) is 5.75 Å². The zero-order valence-electron chi connectivity index (χ0n) is 14.6. The fourth-order valence-corrected chi connectivity index (χ4v) is 2.70. The van der Waals surface area contributed by atoms with E-state index >= 15 is 0 Å². The van der Waals surface area contributed by atoms with Crippen LogP contribution in [-0.4, -0.2) is 11.7 Å². The Balaban J connectivity index is 1.73. The highest BCUT2D eigenvalue weighted by Gasteiger charge is 2.10. The van der Waals surface area contributed by atoms with Crippen LogP contribution in [0, 0.1) is 0 Å². The first-order valence-electron chi connectivity index (χ1n) is 8.47. The standard InChI is InChI=1S/C21H21N3OS/c1-2-25-20-15-13-17(14-16-20)22-21(26)23-24(18-9-5-3-6-10-18)19-11-7-4-8-12-19/h3-16H,2H2,1H3,(H2,22,23,26). The Labute approximate surface area is 159 Å². The number of hydrogen-bond acceptors (Lipinski definition) is 3. The van der Waals surface area contributed by atoms with Crippen molar-refractivity contribution in [2.75, 3.05) is 16.9 Å². The van der Waals surface area contributed by atoms with Crippen LogP contribution in [0.1, 0.15) is 6.92 Å². The molecule has 4 nitrogen and oxygen atoms in total. The summed E-state index contributed by atoms with van der Waals surface area (Å²) in [6.07, 6.45) is 0. The Kier molecular flexibility index (Phi) is 6.06. The highest BCUT2D eigenvalue weighted by molar-refractivity contribution is 7.80. The third-order valence-electron chi connectivity index (χ3n) is 3.67. The average Bonchev–Trinajstić information content (AvgIpc) is 2.69. The molecule has 2 N–H and O–H groups in total. The maximum atomic E-state index is 5.50. The Bertz CT molecular complexity index is 783. The Morgan fingerprint density at radius 3 is 1.88 bits per heavy atom. The van der Waals surface area contributed by atoms with Crippen LogP contribution < -0.4 is 20.5 Å². The summed E-state index contributed by atoms with van der Waals surface area (Å²) in [5, 5.41) is 5.65. The fourth-order valence-electron chi connectivity index (χ4n) is 2.49. The van der Waals surface area contributed by atoms with Crippen LogP contribution in [0.25, 0.3) is 0 Å². The molecule has 0 aliphatic heterocycles. The molecular weight excluding hydrogens is 342 g/mol. The number of benzene rings is 3. The van der Waals surface area contributed by atoms with Crippen LogP contribution in [0.2, 0.25) is 0 Å². The molecule has 26 heavy (non-hydrogen) atoms. The second kappa shape index (κ2) is 8.87. The van der Waals surface area contributed by atoms with Crippen LogP contribution in [0.4, 0.5) is 17.1 Å². The topological polar surface area (TPSA) is 36.5 Å². The lowest BCUT2D eigenvalue weighted by Crippen LogP contribution is -2.41. The van der Waals surface area contributed by atoms with E-state index in [9.17, 15) is 0 Å². The second-order valence-corrected chi connectivity index (χ2v) is 5.94. The van der Waals surface area contributed by atoms with E-state index in [0.29, 0.717) is 11.7 Å². The molecule has 0 aliphatic carbocycles. The van der Waals surface area contributed by atoms with Gasteiger partial charge in [-0.2, -0.15) is 0 Å². The maximum absolute atomic E-state index is 5.50. The lowest BCUT2D eigenvalue weighted by molar-refractivity contribution is 0.340.